The van der Waals surface area contributed by atoms with Crippen molar-refractivity contribution in [2.45, 2.75) is 92.1 Å². The summed E-state index contributed by atoms with van der Waals surface area (Å²) in [7, 11) is 0. The van der Waals surface area contributed by atoms with Crippen molar-refractivity contribution < 1.29 is 104 Å². The van der Waals surface area contributed by atoms with Crippen LogP contribution in [0.1, 0.15) is 0 Å². The molecule has 0 bridgehead atoms. The lowest BCUT2D eigenvalue weighted by atomic mass is 9.98. The molecule has 0 aliphatic carbocycles. The zero-order chi connectivity index (χ0) is 40.0. The van der Waals surface area contributed by atoms with Crippen molar-refractivity contribution in [1.82, 2.24) is 0 Å². The number of hydrogen-bond acceptors (Lipinski definition) is 21. The topological polar surface area (TPSA) is 366 Å². The van der Waals surface area contributed by atoms with E-state index in [0.29, 0.717) is 0 Å². The zero-order valence-corrected chi connectivity index (χ0v) is 28.0. The number of benzene rings is 2. The maximum atomic E-state index is 14.0. The number of rotatable bonds is 10. The van der Waals surface area contributed by atoms with Crippen LogP contribution < -0.4 is 14.9 Å². The maximum Gasteiger partial charge on any atom is 0.335 e. The Morgan fingerprint density at radius 1 is 0.673 bits per heavy atom. The van der Waals surface area contributed by atoms with Gasteiger partial charge in [0.15, 0.2) is 18.2 Å². The fourth-order valence-corrected chi connectivity index (χ4v) is 6.18. The highest BCUT2D eigenvalue weighted by Gasteiger charge is 2.50. The van der Waals surface area contributed by atoms with E-state index in [2.05, 4.69) is 0 Å². The first-order chi connectivity index (χ1) is 26.0. The molecule has 0 radical (unpaired) electrons. The van der Waals surface area contributed by atoms with Crippen molar-refractivity contribution in [2.24, 2.45) is 0 Å². The molecule has 0 spiro atoms. The van der Waals surface area contributed by atoms with Crippen LogP contribution >= 0.6 is 0 Å². The molecule has 0 amide bonds. The second-order valence-electron chi connectivity index (χ2n) is 13.0. The van der Waals surface area contributed by atoms with Gasteiger partial charge in [0.05, 0.1) is 13.2 Å². The van der Waals surface area contributed by atoms with E-state index in [1.165, 1.54) is 24.3 Å². The molecule has 3 fully saturated rings. The van der Waals surface area contributed by atoms with Gasteiger partial charge < -0.3 is 99.2 Å². The average molecular weight is 787 g/mol. The lowest BCUT2D eigenvalue weighted by molar-refractivity contribution is -0.323. The van der Waals surface area contributed by atoms with E-state index in [0.717, 1.165) is 12.1 Å². The van der Waals surface area contributed by atoms with Gasteiger partial charge in [-0.15, -0.1) is 0 Å². The first-order valence-electron chi connectivity index (χ1n) is 16.5. The molecule has 7 unspecified atom stereocenters. The minimum absolute atomic E-state index is 0.0541. The van der Waals surface area contributed by atoms with Crippen LogP contribution in [-0.4, -0.2) is 178 Å². The summed E-state index contributed by atoms with van der Waals surface area (Å²) in [5, 5.41) is 132. The normalized spacial score (nSPS) is 36.7. The summed E-state index contributed by atoms with van der Waals surface area (Å²) in [6, 6.07) is 6.84. The minimum atomic E-state index is -2.06. The van der Waals surface area contributed by atoms with Crippen LogP contribution in [0, 0.1) is 0 Å². The van der Waals surface area contributed by atoms with Gasteiger partial charge in [0.1, 0.15) is 95.4 Å². The van der Waals surface area contributed by atoms with Crippen molar-refractivity contribution in [3.63, 3.8) is 0 Å². The van der Waals surface area contributed by atoms with Gasteiger partial charge in [-0.1, -0.05) is 0 Å². The predicted molar refractivity (Wildman–Crippen MR) is 173 cm³/mol. The van der Waals surface area contributed by atoms with Crippen molar-refractivity contribution in [3.8, 4) is 34.3 Å². The first kappa shape index (κ1) is 40.4. The molecule has 1 aromatic heterocycles. The predicted octanol–water partition coefficient (Wildman–Crippen LogP) is -4.85. The van der Waals surface area contributed by atoms with Crippen molar-refractivity contribution in [2.75, 3.05) is 13.2 Å². The monoisotopic (exact) mass is 786 g/mol. The minimum Gasteiger partial charge on any atom is -0.508 e. The van der Waals surface area contributed by atoms with Crippen LogP contribution in [0.3, 0.4) is 0 Å². The van der Waals surface area contributed by atoms with E-state index in [1.807, 2.05) is 0 Å². The number of carbonyl (C=O) groups is 1. The highest BCUT2D eigenvalue weighted by atomic mass is 16.7. The summed E-state index contributed by atoms with van der Waals surface area (Å²) in [6.07, 6.45) is -27.9. The van der Waals surface area contributed by atoms with Crippen LogP contribution in [0.25, 0.3) is 22.3 Å². The molecule has 3 aromatic rings. The number of phenolic OH excluding ortho intramolecular Hbond substituents is 2. The third-order valence-corrected chi connectivity index (χ3v) is 9.28. The smallest absolute Gasteiger partial charge is 0.335 e. The summed E-state index contributed by atoms with van der Waals surface area (Å²) in [5.41, 5.74) is -1.47. The average Bonchev–Trinajstić information content (AvgIpc) is 3.15. The molecule has 0 saturated carbocycles. The van der Waals surface area contributed by atoms with Gasteiger partial charge in [-0.05, 0) is 24.3 Å². The molecule has 4 heterocycles. The molecule has 302 valence electrons. The van der Waals surface area contributed by atoms with E-state index in [1.54, 1.807) is 0 Å². The molecule has 55 heavy (non-hydrogen) atoms. The van der Waals surface area contributed by atoms with Gasteiger partial charge in [-0.25, -0.2) is 4.79 Å². The van der Waals surface area contributed by atoms with Crippen molar-refractivity contribution >= 4 is 16.9 Å². The van der Waals surface area contributed by atoms with E-state index in [4.69, 9.17) is 32.8 Å². The number of ether oxygens (including phenoxy) is 6. The van der Waals surface area contributed by atoms with Gasteiger partial charge in [0, 0.05) is 17.7 Å². The van der Waals surface area contributed by atoms with Crippen LogP contribution in [0.15, 0.2) is 45.6 Å². The van der Waals surface area contributed by atoms with Crippen LogP contribution in [0.4, 0.5) is 0 Å². The highest BCUT2D eigenvalue weighted by molar-refractivity contribution is 5.88. The number of hydrogen-bond donors (Lipinski definition) is 13. The van der Waals surface area contributed by atoms with E-state index in [-0.39, 0.29) is 17.1 Å². The maximum absolute atomic E-state index is 14.0. The van der Waals surface area contributed by atoms with Gasteiger partial charge in [-0.3, -0.25) is 4.79 Å². The molecule has 3 aliphatic heterocycles. The van der Waals surface area contributed by atoms with Crippen molar-refractivity contribution in [1.29, 1.82) is 0 Å². The third-order valence-electron chi connectivity index (χ3n) is 9.28. The van der Waals surface area contributed by atoms with E-state index < -0.39 is 145 Å². The summed E-state index contributed by atoms with van der Waals surface area (Å²) in [4.78, 5) is 25.6. The van der Waals surface area contributed by atoms with Crippen LogP contribution in [-0.2, 0) is 23.7 Å². The quantitative estimate of drug-likeness (QED) is 0.0916. The number of aromatic hydroxyl groups is 2. The standard InChI is InChI=1S/C33H38O22/c34-7-14-17(37)20(40)24(44)31(52-14)49-8-15-18(38)21(41)25(45)33(53-15)54-28-19(39)16-12(36)5-11(6-13(16)51-27(28)9-1-3-10(35)4-2-9)50-32-26(46)22(42)23(43)29(55-32)30(47)48/h1-6,14-15,17-18,20-26,29,31-38,40-46H,7-8H2,(H,47,48)/t14?,15?,17-,18-,20+,21?,22+,23+,24?,25?,26?,29?,31-,32-,33+/m1/s1. The number of carboxylic acids is 1. The Bertz CT molecular complexity index is 1880. The summed E-state index contributed by atoms with van der Waals surface area (Å²) >= 11 is 0. The Kier molecular flexibility index (Phi) is 11.8. The van der Waals surface area contributed by atoms with Gasteiger partial charge in [0.2, 0.25) is 23.8 Å². The molecule has 2 aromatic carbocycles. The van der Waals surface area contributed by atoms with Gasteiger partial charge in [0.25, 0.3) is 0 Å². The Morgan fingerprint density at radius 2 is 1.24 bits per heavy atom. The summed E-state index contributed by atoms with van der Waals surface area (Å²) in [6.45, 7) is -1.49. The Labute approximate surface area is 307 Å². The van der Waals surface area contributed by atoms with Crippen LogP contribution in [0.5, 0.6) is 23.0 Å². The second kappa shape index (κ2) is 16.1. The molecule has 15 atom stereocenters. The molecular formula is C33H38O22. The SMILES string of the molecule is O=C(O)C1O[C@@H](Oc2cc(O)c3c(=O)c(O[C@@H]4OC(CO[C@@H]5OC(CO)[C@@H](O)[C@H](O)C5O)[C@@H](O)C(O)C4O)c(-c4ccc(O)cc4)oc3c2)C(O)[C@@H](O)[C@@H]1O. The largest absolute Gasteiger partial charge is 0.508 e. The summed E-state index contributed by atoms with van der Waals surface area (Å²) < 4.78 is 38.6. The fraction of sp³-hybridized carbons (Fsp3) is 0.515. The Morgan fingerprint density at radius 3 is 1.85 bits per heavy atom. The van der Waals surface area contributed by atoms with Crippen molar-refractivity contribution in [3.05, 3.63) is 46.6 Å². The lowest BCUT2D eigenvalue weighted by Gasteiger charge is -2.42. The number of aliphatic hydroxyl groups excluding tert-OH is 10. The zero-order valence-electron chi connectivity index (χ0n) is 28.0. The molecule has 3 aliphatic rings. The van der Waals surface area contributed by atoms with Gasteiger partial charge in [-0.2, -0.15) is 0 Å². The van der Waals surface area contributed by atoms with Crippen LogP contribution in [0.2, 0.25) is 0 Å². The lowest BCUT2D eigenvalue weighted by Crippen LogP contribution is -2.62. The number of fused-ring (bicyclic) bond motifs is 1. The highest BCUT2D eigenvalue weighted by Crippen LogP contribution is 2.39. The fourth-order valence-electron chi connectivity index (χ4n) is 6.18. The first-order valence-corrected chi connectivity index (χ1v) is 16.5. The molecule has 3 saturated heterocycles. The molecular weight excluding hydrogens is 748 g/mol. The van der Waals surface area contributed by atoms with E-state index >= 15 is 0 Å². The molecule has 13 N–H and O–H groups in total. The number of aliphatic carboxylic acids is 1. The molecule has 22 nitrogen and oxygen atoms in total. The Hall–Kier alpha value is -4.24. The Balaban J connectivity index is 1.31. The second-order valence-corrected chi connectivity index (χ2v) is 13.0. The number of aliphatic hydroxyl groups is 10. The molecule has 22 heteroatoms. The van der Waals surface area contributed by atoms with Gasteiger partial charge >= 0.3 is 5.97 Å². The number of carboxylic acid groups (broad SMARTS) is 1. The third kappa shape index (κ3) is 7.78. The number of phenols is 2. The summed E-state index contributed by atoms with van der Waals surface area (Å²) in [5.74, 6) is -4.27. The van der Waals surface area contributed by atoms with E-state index in [9.17, 15) is 76.0 Å². The molecule has 6 rings (SSSR count).